The fraction of sp³-hybridized carbons (Fsp3) is 0.238. The van der Waals surface area contributed by atoms with Crippen molar-refractivity contribution in [3.05, 3.63) is 143 Å². The Morgan fingerprint density at radius 2 is 1.02 bits per heavy atom. The number of aromatic nitrogens is 6. The van der Waals surface area contributed by atoms with Gasteiger partial charge in [0.15, 0.2) is 23.3 Å². The highest BCUT2D eigenvalue weighted by atomic mass is 19.1. The van der Waals surface area contributed by atoms with Gasteiger partial charge in [0.25, 0.3) is 23.6 Å². The monoisotopic (exact) mass is 882 g/mol. The summed E-state index contributed by atoms with van der Waals surface area (Å²) in [4.78, 5) is 59.1. The maximum absolute atomic E-state index is 14.0. The number of nitrogens with zero attached hydrogens (tertiary/aromatic N) is 6. The van der Waals surface area contributed by atoms with Gasteiger partial charge in [-0.15, -0.1) is 10.2 Å². The summed E-state index contributed by atoms with van der Waals surface area (Å²) in [6.45, 7) is 0.998. The molecule has 4 N–H and O–H groups in total. The Labute approximate surface area is 358 Å². The number of fused-ring (bicyclic) bond motifs is 4. The van der Waals surface area contributed by atoms with Crippen LogP contribution in [0.4, 0.5) is 28.9 Å². The van der Waals surface area contributed by atoms with Crippen LogP contribution < -0.4 is 30.7 Å². The summed E-state index contributed by atoms with van der Waals surface area (Å²) in [6.07, 6.45) is -0.952. The summed E-state index contributed by atoms with van der Waals surface area (Å²) in [7, 11) is 0. The van der Waals surface area contributed by atoms with Gasteiger partial charge in [-0.25, -0.2) is 36.9 Å². The van der Waals surface area contributed by atoms with Crippen molar-refractivity contribution < 1.29 is 55.7 Å². The molecule has 6 aromatic rings. The number of nitrogens with one attached hydrogen (secondary N) is 4. The van der Waals surface area contributed by atoms with E-state index in [0.717, 1.165) is 23.3 Å². The van der Waals surface area contributed by atoms with Gasteiger partial charge in [-0.05, 0) is 11.1 Å². The van der Waals surface area contributed by atoms with Crippen molar-refractivity contribution in [2.75, 3.05) is 37.1 Å². The zero-order chi connectivity index (χ0) is 44.5. The maximum atomic E-state index is 14.0. The third-order valence-electron chi connectivity index (χ3n) is 10.2. The highest BCUT2D eigenvalue weighted by Crippen LogP contribution is 2.33. The maximum Gasteiger partial charge on any atom is 0.291 e. The molecule has 4 aromatic carbocycles. The molecule has 0 unspecified atom stereocenters. The standard InChI is InChI=1S/2C21H17F2N5O4/c2*22-12-8-13(23)16-15(9-12)32-10-14(20(29)25-16)24-21(30)18-26-19-17(11-4-2-1-3-5-11)31-7-6-28(19)27-18/h2*1-5,8-9,14,17H,6-7,10H2,(H,24,30)(H,25,29)/t14-,17+;14-,17-/m00/s1. The molecule has 4 aliphatic rings. The Bertz CT molecular complexity index is 2590. The first-order valence-electron chi connectivity index (χ1n) is 19.7. The number of ether oxygens (including phenoxy) is 4. The SMILES string of the molecule is O=C(N[C@H]1COc2cc(F)cc(F)c2NC1=O)c1nc2n(n1)CCO[C@@H]2c1ccccc1.O=C(N[C@H]1COc2cc(F)cc(F)c2NC1=O)c1nc2n(n1)CCO[C@H]2c1ccccc1. The molecular weight excluding hydrogens is 849 g/mol. The minimum absolute atomic E-state index is 0.141. The summed E-state index contributed by atoms with van der Waals surface area (Å²) in [5, 5.41) is 18.1. The van der Waals surface area contributed by atoms with Crippen LogP contribution in [0.2, 0.25) is 0 Å². The van der Waals surface area contributed by atoms with E-state index in [4.69, 9.17) is 18.9 Å². The van der Waals surface area contributed by atoms with Crippen molar-refractivity contribution in [2.24, 2.45) is 0 Å². The van der Waals surface area contributed by atoms with Crippen molar-refractivity contribution >= 4 is 35.0 Å². The van der Waals surface area contributed by atoms with Gasteiger partial charge >= 0.3 is 0 Å². The molecule has 0 bridgehead atoms. The number of halogens is 4. The van der Waals surface area contributed by atoms with Gasteiger partial charge in [0.05, 0.1) is 26.3 Å². The molecule has 0 spiro atoms. The quantitative estimate of drug-likeness (QED) is 0.177. The lowest BCUT2D eigenvalue weighted by molar-refractivity contribution is -0.119. The molecule has 0 saturated heterocycles. The van der Waals surface area contributed by atoms with E-state index >= 15 is 0 Å². The van der Waals surface area contributed by atoms with Gasteiger partial charge in [-0.1, -0.05) is 60.7 Å². The van der Waals surface area contributed by atoms with Crippen LogP contribution in [0.1, 0.15) is 56.2 Å². The summed E-state index contributed by atoms with van der Waals surface area (Å²) in [5.74, 6) is -6.14. The molecule has 18 nitrogen and oxygen atoms in total. The van der Waals surface area contributed by atoms with E-state index in [1.807, 2.05) is 60.7 Å². The van der Waals surface area contributed by atoms with Crippen LogP contribution in [0.25, 0.3) is 0 Å². The van der Waals surface area contributed by atoms with Crippen molar-refractivity contribution in [2.45, 2.75) is 37.4 Å². The molecule has 328 valence electrons. The number of carbonyl (C=O) groups is 4. The van der Waals surface area contributed by atoms with Gasteiger partial charge in [-0.2, -0.15) is 0 Å². The zero-order valence-corrected chi connectivity index (χ0v) is 33.1. The molecule has 0 aliphatic carbocycles. The van der Waals surface area contributed by atoms with Gasteiger partial charge in [0, 0.05) is 24.3 Å². The summed E-state index contributed by atoms with van der Waals surface area (Å²) >= 11 is 0. The first-order valence-corrected chi connectivity index (χ1v) is 19.7. The van der Waals surface area contributed by atoms with Crippen LogP contribution in [-0.2, 0) is 32.2 Å². The van der Waals surface area contributed by atoms with E-state index in [2.05, 4.69) is 41.4 Å². The lowest BCUT2D eigenvalue weighted by atomic mass is 10.1. The molecule has 22 heteroatoms. The molecule has 0 fully saturated rings. The summed E-state index contributed by atoms with van der Waals surface area (Å²) < 4.78 is 80.4. The second-order valence-electron chi connectivity index (χ2n) is 14.5. The highest BCUT2D eigenvalue weighted by Gasteiger charge is 2.34. The Morgan fingerprint density at radius 1 is 0.609 bits per heavy atom. The normalized spacial score (nSPS) is 19.8. The number of carbonyl (C=O) groups excluding carboxylic acids is 4. The molecule has 64 heavy (non-hydrogen) atoms. The number of benzene rings is 4. The molecular formula is C42H34F4N10O8. The van der Waals surface area contributed by atoms with Crippen LogP contribution in [0.5, 0.6) is 11.5 Å². The fourth-order valence-electron chi connectivity index (χ4n) is 7.18. The third kappa shape index (κ3) is 8.55. The third-order valence-corrected chi connectivity index (χ3v) is 10.2. The van der Waals surface area contributed by atoms with Gasteiger partial charge < -0.3 is 40.2 Å². The van der Waals surface area contributed by atoms with Gasteiger partial charge in [0.1, 0.15) is 72.0 Å². The van der Waals surface area contributed by atoms with Crippen molar-refractivity contribution in [3.8, 4) is 11.5 Å². The molecule has 6 heterocycles. The van der Waals surface area contributed by atoms with E-state index in [1.54, 1.807) is 9.36 Å². The van der Waals surface area contributed by atoms with Crippen LogP contribution in [0.3, 0.4) is 0 Å². The smallest absolute Gasteiger partial charge is 0.291 e. The average Bonchev–Trinajstić information content (AvgIpc) is 3.87. The van der Waals surface area contributed by atoms with Crippen molar-refractivity contribution in [1.82, 2.24) is 40.2 Å². The molecule has 4 amide bonds. The number of anilines is 2. The van der Waals surface area contributed by atoms with E-state index in [0.29, 0.717) is 50.1 Å². The Morgan fingerprint density at radius 3 is 1.42 bits per heavy atom. The Kier molecular flexibility index (Phi) is 11.4. The number of hydrogen-bond acceptors (Lipinski definition) is 12. The van der Waals surface area contributed by atoms with E-state index < -0.39 is 71.2 Å². The number of amides is 4. The van der Waals surface area contributed by atoms with E-state index in [1.165, 1.54) is 0 Å². The molecule has 4 aliphatic heterocycles. The largest absolute Gasteiger partial charge is 0.488 e. The van der Waals surface area contributed by atoms with E-state index in [9.17, 15) is 36.7 Å². The van der Waals surface area contributed by atoms with Crippen LogP contribution in [0.15, 0.2) is 84.9 Å². The number of rotatable bonds is 6. The molecule has 0 saturated carbocycles. The van der Waals surface area contributed by atoms with Gasteiger partial charge in [0.2, 0.25) is 11.6 Å². The Balaban J connectivity index is 0.000000162. The average molecular weight is 883 g/mol. The molecule has 2 aromatic heterocycles. The first-order chi connectivity index (χ1) is 31.0. The summed E-state index contributed by atoms with van der Waals surface area (Å²) in [5.41, 5.74) is 1.17. The predicted octanol–water partition coefficient (Wildman–Crippen LogP) is 3.61. The van der Waals surface area contributed by atoms with Crippen LogP contribution in [-0.4, -0.2) is 91.7 Å². The van der Waals surface area contributed by atoms with E-state index in [-0.39, 0.29) is 47.7 Å². The summed E-state index contributed by atoms with van der Waals surface area (Å²) in [6, 6.07) is 19.7. The Hall–Kier alpha value is -7.72. The first kappa shape index (κ1) is 41.6. The van der Waals surface area contributed by atoms with Crippen LogP contribution >= 0.6 is 0 Å². The lowest BCUT2D eigenvalue weighted by Crippen LogP contribution is -2.46. The zero-order valence-electron chi connectivity index (χ0n) is 33.1. The molecule has 10 rings (SSSR count). The number of hydrogen-bond donors (Lipinski definition) is 4. The minimum atomic E-state index is -1.17. The second-order valence-corrected chi connectivity index (χ2v) is 14.5. The van der Waals surface area contributed by atoms with Crippen LogP contribution in [0, 0.1) is 23.3 Å². The predicted molar refractivity (Wildman–Crippen MR) is 212 cm³/mol. The highest BCUT2D eigenvalue weighted by molar-refractivity contribution is 6.02. The second kappa shape index (κ2) is 17.6. The minimum Gasteiger partial charge on any atom is -0.488 e. The lowest BCUT2D eigenvalue weighted by Gasteiger charge is -2.22. The molecule has 4 atom stereocenters. The van der Waals surface area contributed by atoms with Crippen molar-refractivity contribution in [3.63, 3.8) is 0 Å². The fourth-order valence-corrected chi connectivity index (χ4v) is 7.18. The van der Waals surface area contributed by atoms with Crippen molar-refractivity contribution in [1.29, 1.82) is 0 Å². The van der Waals surface area contributed by atoms with Gasteiger partial charge in [-0.3, -0.25) is 19.2 Å². The molecule has 0 radical (unpaired) electrons. The topological polar surface area (TPSA) is 215 Å².